The number of hydrogen-bond acceptors (Lipinski definition) is 4. The van der Waals surface area contributed by atoms with Crippen molar-refractivity contribution < 1.29 is 13.2 Å². The zero-order chi connectivity index (χ0) is 16.4. The summed E-state index contributed by atoms with van der Waals surface area (Å²) in [5.74, 6) is -0.00399. The second-order valence-electron chi connectivity index (χ2n) is 5.25. The van der Waals surface area contributed by atoms with Gasteiger partial charge >= 0.3 is 0 Å². The predicted octanol–water partition coefficient (Wildman–Crippen LogP) is 2.46. The number of carbonyl (C=O) groups is 1. The number of sulfonamides is 1. The monoisotopic (exact) mass is 348 g/mol. The van der Waals surface area contributed by atoms with E-state index in [2.05, 4.69) is 4.83 Å². The van der Waals surface area contributed by atoms with Gasteiger partial charge in [0.2, 0.25) is 5.91 Å². The number of amides is 1. The third kappa shape index (κ3) is 3.41. The van der Waals surface area contributed by atoms with Gasteiger partial charge in [0.1, 0.15) is 5.37 Å². The molecule has 0 aromatic heterocycles. The SMILES string of the molecule is Cc1cccc(S(=O)(=O)NN2C(=O)CS[C@@H]2c2ccccc2)c1. The number of hydrazine groups is 1. The molecule has 1 N–H and O–H groups in total. The van der Waals surface area contributed by atoms with Crippen LogP contribution in [0, 0.1) is 6.92 Å². The fraction of sp³-hybridized carbons (Fsp3) is 0.188. The van der Waals surface area contributed by atoms with Crippen LogP contribution in [-0.4, -0.2) is 25.1 Å². The van der Waals surface area contributed by atoms with Crippen molar-refractivity contribution in [3.05, 3.63) is 65.7 Å². The summed E-state index contributed by atoms with van der Waals surface area (Å²) in [6.45, 7) is 1.82. The van der Waals surface area contributed by atoms with E-state index in [4.69, 9.17) is 0 Å². The summed E-state index contributed by atoms with van der Waals surface area (Å²) in [6.07, 6.45) is 0. The second kappa shape index (κ2) is 6.35. The van der Waals surface area contributed by atoms with Gasteiger partial charge in [-0.3, -0.25) is 4.79 Å². The van der Waals surface area contributed by atoms with Crippen LogP contribution >= 0.6 is 11.8 Å². The molecule has 7 heteroatoms. The maximum Gasteiger partial charge on any atom is 0.257 e. The van der Waals surface area contributed by atoms with Gasteiger partial charge in [-0.1, -0.05) is 42.5 Å². The second-order valence-corrected chi connectivity index (χ2v) is 7.98. The first-order valence-corrected chi connectivity index (χ1v) is 9.58. The molecule has 1 fully saturated rings. The lowest BCUT2D eigenvalue weighted by Crippen LogP contribution is -2.44. The molecule has 120 valence electrons. The number of nitrogens with one attached hydrogen (secondary N) is 1. The van der Waals surface area contributed by atoms with E-state index in [1.165, 1.54) is 22.8 Å². The number of rotatable bonds is 4. The molecule has 1 saturated heterocycles. The molecular formula is C16H16N2O3S2. The maximum atomic E-state index is 12.5. The van der Waals surface area contributed by atoms with Crippen molar-refractivity contribution in [1.82, 2.24) is 9.84 Å². The number of carbonyl (C=O) groups excluding carboxylic acids is 1. The van der Waals surface area contributed by atoms with Crippen molar-refractivity contribution in [3.63, 3.8) is 0 Å². The third-order valence-corrected chi connectivity index (χ3v) is 5.99. The molecule has 0 aliphatic carbocycles. The van der Waals surface area contributed by atoms with Gasteiger partial charge in [-0.25, -0.2) is 13.4 Å². The normalized spacial score (nSPS) is 18.4. The van der Waals surface area contributed by atoms with E-state index in [1.807, 2.05) is 43.3 Å². The highest BCUT2D eigenvalue weighted by Gasteiger charge is 2.36. The molecule has 0 saturated carbocycles. The Morgan fingerprint density at radius 3 is 2.57 bits per heavy atom. The number of thioether (sulfide) groups is 1. The molecule has 5 nitrogen and oxygen atoms in total. The topological polar surface area (TPSA) is 66.5 Å². The highest BCUT2D eigenvalue weighted by Crippen LogP contribution is 2.37. The Morgan fingerprint density at radius 2 is 1.87 bits per heavy atom. The molecule has 1 heterocycles. The van der Waals surface area contributed by atoms with Crippen LogP contribution in [0.3, 0.4) is 0 Å². The van der Waals surface area contributed by atoms with Crippen molar-refractivity contribution in [2.75, 3.05) is 5.75 Å². The molecule has 3 rings (SSSR count). The Hall–Kier alpha value is -1.83. The van der Waals surface area contributed by atoms with Gasteiger partial charge in [0.25, 0.3) is 10.0 Å². The van der Waals surface area contributed by atoms with E-state index in [1.54, 1.807) is 12.1 Å². The van der Waals surface area contributed by atoms with Gasteiger partial charge in [-0.2, -0.15) is 0 Å². The van der Waals surface area contributed by atoms with Crippen LogP contribution in [0.25, 0.3) is 0 Å². The lowest BCUT2D eigenvalue weighted by atomic mass is 10.2. The largest absolute Gasteiger partial charge is 0.272 e. The molecular weight excluding hydrogens is 332 g/mol. The van der Waals surface area contributed by atoms with Crippen LogP contribution in [0.1, 0.15) is 16.5 Å². The first-order valence-electron chi connectivity index (χ1n) is 7.05. The minimum absolute atomic E-state index is 0.147. The van der Waals surface area contributed by atoms with E-state index >= 15 is 0 Å². The summed E-state index contributed by atoms with van der Waals surface area (Å²) in [4.78, 5) is 14.7. The van der Waals surface area contributed by atoms with Crippen LogP contribution < -0.4 is 4.83 Å². The third-order valence-electron chi connectivity index (χ3n) is 3.47. The number of hydrogen-bond donors (Lipinski definition) is 1. The Balaban J connectivity index is 1.89. The molecule has 0 unspecified atom stereocenters. The molecule has 23 heavy (non-hydrogen) atoms. The minimum atomic E-state index is -3.80. The van der Waals surface area contributed by atoms with E-state index < -0.39 is 10.0 Å². The molecule has 2 aromatic rings. The molecule has 2 aromatic carbocycles. The summed E-state index contributed by atoms with van der Waals surface area (Å²) in [5, 5.41) is 0.848. The quantitative estimate of drug-likeness (QED) is 0.922. The first kappa shape index (κ1) is 16.0. The Labute approximate surface area is 139 Å². The van der Waals surface area contributed by atoms with Crippen LogP contribution in [-0.2, 0) is 14.8 Å². The van der Waals surface area contributed by atoms with Gasteiger partial charge in [-0.05, 0) is 30.2 Å². The molecule has 1 amide bonds. The van der Waals surface area contributed by atoms with Crippen LogP contribution in [0.4, 0.5) is 0 Å². The van der Waals surface area contributed by atoms with Crippen LogP contribution in [0.2, 0.25) is 0 Å². The molecule has 1 atom stereocenters. The number of benzene rings is 2. The van der Waals surface area contributed by atoms with Gasteiger partial charge in [0, 0.05) is 0 Å². The van der Waals surface area contributed by atoms with Crippen molar-refractivity contribution >= 4 is 27.7 Å². The lowest BCUT2D eigenvalue weighted by Gasteiger charge is -2.24. The van der Waals surface area contributed by atoms with E-state index in [9.17, 15) is 13.2 Å². The predicted molar refractivity (Wildman–Crippen MR) is 90.0 cm³/mol. The lowest BCUT2D eigenvalue weighted by molar-refractivity contribution is -0.129. The van der Waals surface area contributed by atoms with Gasteiger partial charge in [0.15, 0.2) is 0 Å². The van der Waals surface area contributed by atoms with Crippen molar-refractivity contribution in [1.29, 1.82) is 0 Å². The van der Waals surface area contributed by atoms with Crippen LogP contribution in [0.15, 0.2) is 59.5 Å². The molecule has 1 aliphatic rings. The zero-order valence-electron chi connectivity index (χ0n) is 12.5. The van der Waals surface area contributed by atoms with E-state index in [-0.39, 0.29) is 21.9 Å². The molecule has 0 radical (unpaired) electrons. The van der Waals surface area contributed by atoms with Gasteiger partial charge in [0.05, 0.1) is 10.6 Å². The Morgan fingerprint density at radius 1 is 1.13 bits per heavy atom. The standard InChI is InChI=1S/C16H16N2O3S2/c1-12-6-5-9-14(10-12)23(20,21)17-18-15(19)11-22-16(18)13-7-3-2-4-8-13/h2-10,16-17H,11H2,1H3/t16-/m1/s1. The summed E-state index contributed by atoms with van der Waals surface area (Å²) >= 11 is 1.40. The Kier molecular flexibility index (Phi) is 4.43. The van der Waals surface area contributed by atoms with Gasteiger partial charge < -0.3 is 0 Å². The average molecular weight is 348 g/mol. The average Bonchev–Trinajstić information content (AvgIpc) is 2.89. The summed E-state index contributed by atoms with van der Waals surface area (Å²) < 4.78 is 25.1. The van der Waals surface area contributed by atoms with Gasteiger partial charge in [-0.15, -0.1) is 16.6 Å². The molecule has 0 bridgehead atoms. The summed E-state index contributed by atoms with van der Waals surface area (Å²) in [7, 11) is -3.80. The first-order chi connectivity index (χ1) is 11.0. The zero-order valence-corrected chi connectivity index (χ0v) is 14.1. The van der Waals surface area contributed by atoms with Crippen LogP contribution in [0.5, 0.6) is 0 Å². The minimum Gasteiger partial charge on any atom is -0.272 e. The number of nitrogens with zero attached hydrogens (tertiary/aromatic N) is 1. The molecule has 1 aliphatic heterocycles. The highest BCUT2D eigenvalue weighted by atomic mass is 32.2. The molecule has 0 spiro atoms. The fourth-order valence-electron chi connectivity index (χ4n) is 2.35. The summed E-state index contributed by atoms with van der Waals surface area (Å²) in [5.41, 5.74) is 1.73. The van der Waals surface area contributed by atoms with Crippen molar-refractivity contribution in [2.45, 2.75) is 17.2 Å². The summed E-state index contributed by atoms with van der Waals surface area (Å²) in [6, 6.07) is 16.0. The van der Waals surface area contributed by atoms with Crippen molar-refractivity contribution in [2.24, 2.45) is 0 Å². The van der Waals surface area contributed by atoms with Crippen molar-refractivity contribution in [3.8, 4) is 0 Å². The van der Waals surface area contributed by atoms with E-state index in [0.29, 0.717) is 0 Å². The highest BCUT2D eigenvalue weighted by molar-refractivity contribution is 8.00. The Bertz CT molecular complexity index is 822. The number of aryl methyl sites for hydroxylation is 1. The maximum absolute atomic E-state index is 12.5. The smallest absolute Gasteiger partial charge is 0.257 e. The fourth-order valence-corrected chi connectivity index (χ4v) is 4.70. The van der Waals surface area contributed by atoms with E-state index in [0.717, 1.165) is 11.1 Å².